The quantitative estimate of drug-likeness (QED) is 0.738. The van der Waals surface area contributed by atoms with E-state index in [0.717, 1.165) is 16.3 Å². The van der Waals surface area contributed by atoms with E-state index in [1.165, 1.54) is 0 Å². The first-order valence-corrected chi connectivity index (χ1v) is 8.30. The maximum atomic E-state index is 11.5. The lowest BCUT2D eigenvalue weighted by Gasteiger charge is -2.01. The molecule has 0 radical (unpaired) electrons. The van der Waals surface area contributed by atoms with Gasteiger partial charge in [-0.15, -0.1) is 21.5 Å². The van der Waals surface area contributed by atoms with Crippen molar-refractivity contribution in [2.45, 2.75) is 18.6 Å². The maximum Gasteiger partial charge on any atom is 0.236 e. The molecule has 3 aromatic rings. The molecule has 3 heterocycles. The molecule has 104 valence electrons. The second-order valence-electron chi connectivity index (χ2n) is 4.19. The van der Waals surface area contributed by atoms with Gasteiger partial charge in [-0.2, -0.15) is 0 Å². The molecule has 0 saturated carbocycles. The standard InChI is InChI=1S/C12H12N4O2S2/c1-8-9(6-16-7-13-15-12(16)20(2)17)14-11(18-8)10-4-3-5-19-10/h3-5,7H,6H2,1-2H3. The van der Waals surface area contributed by atoms with Gasteiger partial charge in [-0.05, 0) is 18.4 Å². The Bertz CT molecular complexity index is 745. The average Bonchev–Trinajstić information content (AvgIpc) is 3.11. The van der Waals surface area contributed by atoms with Gasteiger partial charge in [-0.25, -0.2) is 4.98 Å². The van der Waals surface area contributed by atoms with Crippen molar-refractivity contribution >= 4 is 22.1 Å². The van der Waals surface area contributed by atoms with E-state index in [9.17, 15) is 4.21 Å². The fourth-order valence-corrected chi connectivity index (χ4v) is 3.07. The lowest BCUT2D eigenvalue weighted by molar-refractivity contribution is 0.537. The topological polar surface area (TPSA) is 73.8 Å². The van der Waals surface area contributed by atoms with Gasteiger partial charge in [0, 0.05) is 6.26 Å². The number of oxazole rings is 1. The van der Waals surface area contributed by atoms with Gasteiger partial charge in [-0.1, -0.05) is 6.07 Å². The molecule has 0 spiro atoms. The third-order valence-electron chi connectivity index (χ3n) is 2.78. The molecule has 1 unspecified atom stereocenters. The summed E-state index contributed by atoms with van der Waals surface area (Å²) in [4.78, 5) is 5.48. The first kappa shape index (κ1) is 13.2. The van der Waals surface area contributed by atoms with Gasteiger partial charge in [0.2, 0.25) is 11.0 Å². The molecular formula is C12H12N4O2S2. The summed E-state index contributed by atoms with van der Waals surface area (Å²) in [6, 6.07) is 3.92. The van der Waals surface area contributed by atoms with Gasteiger partial charge in [0.25, 0.3) is 0 Å². The van der Waals surface area contributed by atoms with E-state index < -0.39 is 10.8 Å². The molecule has 0 N–H and O–H groups in total. The average molecular weight is 308 g/mol. The number of nitrogens with zero attached hydrogens (tertiary/aromatic N) is 4. The van der Waals surface area contributed by atoms with Crippen LogP contribution in [0.4, 0.5) is 0 Å². The van der Waals surface area contributed by atoms with Crippen molar-refractivity contribution in [2.75, 3.05) is 6.26 Å². The molecule has 0 saturated heterocycles. The highest BCUT2D eigenvalue weighted by Crippen LogP contribution is 2.26. The summed E-state index contributed by atoms with van der Waals surface area (Å²) in [5, 5.41) is 10.1. The van der Waals surface area contributed by atoms with Crippen LogP contribution in [-0.4, -0.2) is 30.2 Å². The molecular weight excluding hydrogens is 296 g/mol. The molecule has 8 heteroatoms. The van der Waals surface area contributed by atoms with Crippen LogP contribution in [0.25, 0.3) is 10.8 Å². The fourth-order valence-electron chi connectivity index (χ4n) is 1.82. The minimum Gasteiger partial charge on any atom is -0.440 e. The molecule has 20 heavy (non-hydrogen) atoms. The van der Waals surface area contributed by atoms with Crippen molar-refractivity contribution in [3.8, 4) is 10.8 Å². The van der Waals surface area contributed by atoms with Gasteiger partial charge >= 0.3 is 0 Å². The predicted molar refractivity (Wildman–Crippen MR) is 76.0 cm³/mol. The van der Waals surface area contributed by atoms with Crippen molar-refractivity contribution in [1.82, 2.24) is 19.7 Å². The van der Waals surface area contributed by atoms with Gasteiger partial charge in [-0.3, -0.25) is 4.21 Å². The van der Waals surface area contributed by atoms with Crippen LogP contribution >= 0.6 is 11.3 Å². The van der Waals surface area contributed by atoms with Crippen molar-refractivity contribution in [3.05, 3.63) is 35.3 Å². The lowest BCUT2D eigenvalue weighted by atomic mass is 10.3. The van der Waals surface area contributed by atoms with Gasteiger partial charge < -0.3 is 8.98 Å². The van der Waals surface area contributed by atoms with Crippen LogP contribution in [0.2, 0.25) is 0 Å². The lowest BCUT2D eigenvalue weighted by Crippen LogP contribution is -2.06. The molecule has 0 aromatic carbocycles. The third-order valence-corrected chi connectivity index (χ3v) is 4.47. The summed E-state index contributed by atoms with van der Waals surface area (Å²) in [5.41, 5.74) is 0.792. The summed E-state index contributed by atoms with van der Waals surface area (Å²) in [7, 11) is -1.18. The van der Waals surface area contributed by atoms with Crippen LogP contribution in [-0.2, 0) is 17.3 Å². The summed E-state index contributed by atoms with van der Waals surface area (Å²) >= 11 is 1.58. The van der Waals surface area contributed by atoms with Crippen LogP contribution in [0, 0.1) is 6.92 Å². The molecule has 0 aliphatic rings. The largest absolute Gasteiger partial charge is 0.440 e. The molecule has 3 rings (SSSR count). The summed E-state index contributed by atoms with van der Waals surface area (Å²) in [6.45, 7) is 2.31. The van der Waals surface area contributed by atoms with Crippen molar-refractivity contribution in [1.29, 1.82) is 0 Å². The Morgan fingerprint density at radius 1 is 1.50 bits per heavy atom. The number of rotatable bonds is 4. The minimum atomic E-state index is -1.18. The zero-order valence-electron chi connectivity index (χ0n) is 10.9. The first-order valence-electron chi connectivity index (χ1n) is 5.86. The summed E-state index contributed by atoms with van der Waals surface area (Å²) in [5.74, 6) is 1.36. The van der Waals surface area contributed by atoms with Crippen LogP contribution in [0.15, 0.2) is 33.4 Å². The van der Waals surface area contributed by atoms with E-state index in [4.69, 9.17) is 4.42 Å². The van der Waals surface area contributed by atoms with E-state index >= 15 is 0 Å². The highest BCUT2D eigenvalue weighted by Gasteiger charge is 2.15. The Labute approximate surface area is 121 Å². The Balaban J connectivity index is 1.92. The second kappa shape index (κ2) is 5.29. The van der Waals surface area contributed by atoms with Crippen molar-refractivity contribution < 1.29 is 8.63 Å². The van der Waals surface area contributed by atoms with Crippen molar-refractivity contribution in [3.63, 3.8) is 0 Å². The number of thiophene rings is 1. The minimum absolute atomic E-state index is 0.435. The number of hydrogen-bond acceptors (Lipinski definition) is 6. The summed E-state index contributed by atoms with van der Waals surface area (Å²) < 4.78 is 18.9. The normalized spacial score (nSPS) is 12.7. The fraction of sp³-hybridized carbons (Fsp3) is 0.250. The zero-order chi connectivity index (χ0) is 14.1. The van der Waals surface area contributed by atoms with E-state index in [1.807, 2.05) is 24.4 Å². The van der Waals surface area contributed by atoms with Crippen LogP contribution in [0.3, 0.4) is 0 Å². The van der Waals surface area contributed by atoms with Crippen LogP contribution in [0.1, 0.15) is 11.5 Å². The second-order valence-corrected chi connectivity index (χ2v) is 6.42. The Morgan fingerprint density at radius 3 is 3.05 bits per heavy atom. The molecule has 0 fully saturated rings. The third kappa shape index (κ3) is 2.44. The molecule has 0 amide bonds. The van der Waals surface area contributed by atoms with Crippen molar-refractivity contribution in [2.24, 2.45) is 0 Å². The molecule has 3 aromatic heterocycles. The smallest absolute Gasteiger partial charge is 0.236 e. The van der Waals surface area contributed by atoms with Gasteiger partial charge in [0.15, 0.2) is 0 Å². The molecule has 1 atom stereocenters. The maximum absolute atomic E-state index is 11.5. The van der Waals surface area contributed by atoms with Crippen LogP contribution in [0.5, 0.6) is 0 Å². The van der Waals surface area contributed by atoms with Gasteiger partial charge in [0.1, 0.15) is 17.8 Å². The number of hydrogen-bond donors (Lipinski definition) is 0. The molecule has 0 bridgehead atoms. The summed E-state index contributed by atoms with van der Waals surface area (Å²) in [6.07, 6.45) is 3.13. The number of aryl methyl sites for hydroxylation is 1. The van der Waals surface area contributed by atoms with Crippen LogP contribution < -0.4 is 0 Å². The Morgan fingerprint density at radius 2 is 2.35 bits per heavy atom. The monoisotopic (exact) mass is 308 g/mol. The SMILES string of the molecule is Cc1oc(-c2cccs2)nc1Cn1cnnc1S(C)=O. The first-order chi connectivity index (χ1) is 9.65. The Hall–Kier alpha value is -1.80. The van der Waals surface area contributed by atoms with E-state index in [0.29, 0.717) is 17.6 Å². The highest BCUT2D eigenvalue weighted by molar-refractivity contribution is 7.84. The predicted octanol–water partition coefficient (Wildman–Crippen LogP) is 2.09. The molecule has 6 nitrogen and oxygen atoms in total. The molecule has 0 aliphatic carbocycles. The van der Waals surface area contributed by atoms with E-state index in [1.54, 1.807) is 28.5 Å². The zero-order valence-corrected chi connectivity index (χ0v) is 12.6. The molecule has 0 aliphatic heterocycles. The highest BCUT2D eigenvalue weighted by atomic mass is 32.2. The number of aromatic nitrogens is 4. The van der Waals surface area contributed by atoms with E-state index in [-0.39, 0.29) is 0 Å². The van der Waals surface area contributed by atoms with Gasteiger partial charge in [0.05, 0.1) is 22.2 Å². The van der Waals surface area contributed by atoms with E-state index in [2.05, 4.69) is 15.2 Å². The Kier molecular flexibility index (Phi) is 3.49.